The number of hydrogen-bond donors (Lipinski definition) is 7. The Kier molecular flexibility index (Phi) is 9.55. The van der Waals surface area contributed by atoms with Gasteiger partial charge in [-0.2, -0.15) is 0 Å². The van der Waals surface area contributed by atoms with Crippen molar-refractivity contribution >= 4 is 23.7 Å². The summed E-state index contributed by atoms with van der Waals surface area (Å²) in [5.41, 5.74) is 5.17. The number of carbonyl (C=O) groups excluding carboxylic acids is 2. The smallest absolute Gasteiger partial charge is 0.326 e. The maximum atomic E-state index is 12.6. The van der Waals surface area contributed by atoms with Gasteiger partial charge in [0.25, 0.3) is 0 Å². The van der Waals surface area contributed by atoms with Crippen molar-refractivity contribution in [3.8, 4) is 0 Å². The van der Waals surface area contributed by atoms with Crippen LogP contribution in [0.25, 0.3) is 0 Å². The second kappa shape index (κ2) is 11.4. The summed E-state index contributed by atoms with van der Waals surface area (Å²) in [6, 6.07) is -2.15. The number of carbonyl (C=O) groups is 3. The van der Waals surface area contributed by atoms with Gasteiger partial charge < -0.3 is 32.1 Å². The first kappa shape index (κ1) is 22.7. The molecular formula is C17H32N6O4. The average Bonchev–Trinajstić information content (AvgIpc) is 3.10. The molecule has 8 N–H and O–H groups in total. The molecule has 0 aliphatic carbocycles. The Balaban J connectivity index is 2.63. The van der Waals surface area contributed by atoms with E-state index < -0.39 is 24.0 Å². The van der Waals surface area contributed by atoms with Crippen LogP contribution < -0.4 is 27.0 Å². The molecule has 1 fully saturated rings. The SMILES string of the molecule is CC(C)CC(NC(=O)C1CCCN1)C(=O)NC(CCCNC(=N)N)C(=O)O. The van der Waals surface area contributed by atoms with E-state index in [1.807, 2.05) is 13.8 Å². The molecule has 1 saturated heterocycles. The lowest BCUT2D eigenvalue weighted by Gasteiger charge is -2.24. The number of rotatable bonds is 11. The average molecular weight is 384 g/mol. The summed E-state index contributed by atoms with van der Waals surface area (Å²) in [6.07, 6.45) is 2.66. The molecular weight excluding hydrogens is 352 g/mol. The van der Waals surface area contributed by atoms with Crippen molar-refractivity contribution < 1.29 is 19.5 Å². The predicted molar refractivity (Wildman–Crippen MR) is 101 cm³/mol. The molecule has 0 aromatic heterocycles. The van der Waals surface area contributed by atoms with E-state index in [9.17, 15) is 19.5 Å². The van der Waals surface area contributed by atoms with Gasteiger partial charge >= 0.3 is 5.97 Å². The van der Waals surface area contributed by atoms with Gasteiger partial charge in [0.05, 0.1) is 6.04 Å². The van der Waals surface area contributed by atoms with Crippen molar-refractivity contribution in [2.24, 2.45) is 11.7 Å². The zero-order valence-corrected chi connectivity index (χ0v) is 16.0. The van der Waals surface area contributed by atoms with E-state index in [0.717, 1.165) is 19.4 Å². The Bertz CT molecular complexity index is 534. The number of nitrogens with one attached hydrogen (secondary N) is 5. The summed E-state index contributed by atoms with van der Waals surface area (Å²) < 4.78 is 0. The maximum absolute atomic E-state index is 12.6. The van der Waals surface area contributed by atoms with Crippen molar-refractivity contribution in [2.45, 2.75) is 64.1 Å². The van der Waals surface area contributed by atoms with Gasteiger partial charge in [0, 0.05) is 6.54 Å². The summed E-state index contributed by atoms with van der Waals surface area (Å²) in [7, 11) is 0. The highest BCUT2D eigenvalue weighted by Gasteiger charge is 2.30. The Morgan fingerprint density at radius 3 is 2.48 bits per heavy atom. The third kappa shape index (κ3) is 8.72. The van der Waals surface area contributed by atoms with E-state index in [0.29, 0.717) is 19.4 Å². The summed E-state index contributed by atoms with van der Waals surface area (Å²) in [5.74, 6) is -1.90. The Labute approximate surface area is 159 Å². The normalized spacial score (nSPS) is 18.6. The topological polar surface area (TPSA) is 169 Å². The lowest BCUT2D eigenvalue weighted by Crippen LogP contribution is -2.54. The molecule has 3 atom stereocenters. The Morgan fingerprint density at radius 1 is 1.26 bits per heavy atom. The van der Waals surface area contributed by atoms with Gasteiger partial charge in [-0.15, -0.1) is 0 Å². The Hall–Kier alpha value is -2.36. The summed E-state index contributed by atoms with van der Waals surface area (Å²) in [6.45, 7) is 4.98. The molecule has 0 aromatic carbocycles. The number of carboxylic acids is 1. The number of amides is 2. The first-order valence-electron chi connectivity index (χ1n) is 9.35. The zero-order valence-electron chi connectivity index (χ0n) is 16.0. The van der Waals surface area contributed by atoms with Crippen LogP contribution in [0.3, 0.4) is 0 Å². The van der Waals surface area contributed by atoms with Crippen LogP contribution in [-0.2, 0) is 14.4 Å². The van der Waals surface area contributed by atoms with Crippen LogP contribution in [0, 0.1) is 11.3 Å². The van der Waals surface area contributed by atoms with E-state index in [-0.39, 0.29) is 30.2 Å². The number of aliphatic carboxylic acids is 1. The van der Waals surface area contributed by atoms with Crippen molar-refractivity contribution in [3.05, 3.63) is 0 Å². The molecule has 154 valence electrons. The fraction of sp³-hybridized carbons (Fsp3) is 0.765. The molecule has 1 aliphatic heterocycles. The van der Waals surface area contributed by atoms with Crippen LogP contribution in [0.5, 0.6) is 0 Å². The summed E-state index contributed by atoms with van der Waals surface area (Å²) in [4.78, 5) is 36.4. The molecule has 0 aromatic rings. The molecule has 0 spiro atoms. The Morgan fingerprint density at radius 2 is 1.96 bits per heavy atom. The number of carboxylic acid groups (broad SMARTS) is 1. The maximum Gasteiger partial charge on any atom is 0.326 e. The third-order valence-electron chi connectivity index (χ3n) is 4.32. The quantitative estimate of drug-likeness (QED) is 0.137. The van der Waals surface area contributed by atoms with Gasteiger partial charge in [0.15, 0.2) is 5.96 Å². The van der Waals surface area contributed by atoms with E-state index in [4.69, 9.17) is 11.1 Å². The number of hydrogen-bond acceptors (Lipinski definition) is 5. The highest BCUT2D eigenvalue weighted by Crippen LogP contribution is 2.09. The number of guanidine groups is 1. The van der Waals surface area contributed by atoms with E-state index in [1.165, 1.54) is 0 Å². The van der Waals surface area contributed by atoms with E-state index >= 15 is 0 Å². The molecule has 2 amide bonds. The molecule has 0 bridgehead atoms. The molecule has 1 rings (SSSR count). The molecule has 27 heavy (non-hydrogen) atoms. The van der Waals surface area contributed by atoms with Crippen LogP contribution in [0.15, 0.2) is 0 Å². The minimum atomic E-state index is -1.14. The minimum Gasteiger partial charge on any atom is -0.480 e. The highest BCUT2D eigenvalue weighted by molar-refractivity contribution is 5.91. The van der Waals surface area contributed by atoms with Crippen LogP contribution in [0.2, 0.25) is 0 Å². The molecule has 0 radical (unpaired) electrons. The van der Waals surface area contributed by atoms with Crippen LogP contribution in [0.4, 0.5) is 0 Å². The van der Waals surface area contributed by atoms with Gasteiger partial charge in [-0.1, -0.05) is 13.8 Å². The molecule has 10 heteroatoms. The highest BCUT2D eigenvalue weighted by atomic mass is 16.4. The number of nitrogens with two attached hydrogens (primary N) is 1. The van der Waals surface area contributed by atoms with Gasteiger partial charge in [0.2, 0.25) is 11.8 Å². The second-order valence-electron chi connectivity index (χ2n) is 7.22. The van der Waals surface area contributed by atoms with Crippen LogP contribution in [0.1, 0.15) is 46.0 Å². The summed E-state index contributed by atoms with van der Waals surface area (Å²) in [5, 5.41) is 27.4. The molecule has 1 heterocycles. The summed E-state index contributed by atoms with van der Waals surface area (Å²) >= 11 is 0. The fourth-order valence-corrected chi connectivity index (χ4v) is 2.94. The van der Waals surface area contributed by atoms with Gasteiger partial charge in [-0.3, -0.25) is 15.0 Å². The lowest BCUT2D eigenvalue weighted by atomic mass is 10.0. The van der Waals surface area contributed by atoms with Crippen molar-refractivity contribution in [1.29, 1.82) is 5.41 Å². The second-order valence-corrected chi connectivity index (χ2v) is 7.22. The lowest BCUT2D eigenvalue weighted by molar-refractivity contribution is -0.142. The van der Waals surface area contributed by atoms with Crippen molar-refractivity contribution in [1.82, 2.24) is 21.3 Å². The molecule has 3 unspecified atom stereocenters. The van der Waals surface area contributed by atoms with Gasteiger partial charge in [-0.25, -0.2) is 4.79 Å². The zero-order chi connectivity index (χ0) is 20.4. The van der Waals surface area contributed by atoms with Crippen molar-refractivity contribution in [3.63, 3.8) is 0 Å². The first-order valence-corrected chi connectivity index (χ1v) is 9.35. The van der Waals surface area contributed by atoms with Gasteiger partial charge in [0.1, 0.15) is 12.1 Å². The molecule has 1 aliphatic rings. The standard InChI is InChI=1S/C17H32N6O4/c1-10(2)9-13(23-14(24)11-5-3-7-20-11)15(25)22-12(16(26)27)6-4-8-21-17(18)19/h10-13,20H,3-9H2,1-2H3,(H,22,25)(H,23,24)(H,26,27)(H4,18,19,21). The molecule has 10 nitrogen and oxygen atoms in total. The molecule has 0 saturated carbocycles. The van der Waals surface area contributed by atoms with Crippen LogP contribution >= 0.6 is 0 Å². The van der Waals surface area contributed by atoms with Gasteiger partial charge in [-0.05, 0) is 44.6 Å². The largest absolute Gasteiger partial charge is 0.480 e. The van der Waals surface area contributed by atoms with E-state index in [2.05, 4.69) is 21.3 Å². The third-order valence-corrected chi connectivity index (χ3v) is 4.32. The van der Waals surface area contributed by atoms with Crippen molar-refractivity contribution in [2.75, 3.05) is 13.1 Å². The predicted octanol–water partition coefficient (Wildman–Crippen LogP) is -0.898. The first-order chi connectivity index (χ1) is 12.7. The van der Waals surface area contributed by atoms with E-state index in [1.54, 1.807) is 0 Å². The van der Waals surface area contributed by atoms with Crippen LogP contribution in [-0.4, -0.2) is 60.1 Å². The monoisotopic (exact) mass is 384 g/mol. The minimum absolute atomic E-state index is 0.153. The fourth-order valence-electron chi connectivity index (χ4n) is 2.94.